The maximum Gasteiger partial charge on any atom is 0.276 e. The summed E-state index contributed by atoms with van der Waals surface area (Å²) in [5, 5.41) is 21.6. The van der Waals surface area contributed by atoms with Crippen LogP contribution in [0.1, 0.15) is 25.7 Å². The number of carboxylic acid groups (broad SMARTS) is 1. The number of nitro benzene ring substituents is 1. The van der Waals surface area contributed by atoms with E-state index in [2.05, 4.69) is 10.9 Å². The summed E-state index contributed by atoms with van der Waals surface area (Å²) in [6, 6.07) is 5.16. The highest BCUT2D eigenvalue weighted by atomic mass is 16.6. The van der Waals surface area contributed by atoms with Crippen LogP contribution in [0.25, 0.3) is 0 Å². The Morgan fingerprint density at radius 2 is 1.69 bits per heavy atom. The van der Waals surface area contributed by atoms with E-state index in [0.717, 1.165) is 12.8 Å². The zero-order valence-corrected chi connectivity index (χ0v) is 13.8. The third-order valence-corrected chi connectivity index (χ3v) is 4.15. The SMILES string of the molecule is O=C(COc1ccc([N+](=O)[O-])cc1)NNC(=O)[C@H]1CCCC[C@@H]1C(=O)[O-]. The maximum absolute atomic E-state index is 12.1. The van der Waals surface area contributed by atoms with Crippen molar-refractivity contribution in [2.75, 3.05) is 6.61 Å². The number of carbonyl (C=O) groups is 3. The number of carbonyl (C=O) groups excluding carboxylic acids is 3. The Hall–Kier alpha value is -3.17. The van der Waals surface area contributed by atoms with Crippen molar-refractivity contribution in [1.29, 1.82) is 0 Å². The average Bonchev–Trinajstić information content (AvgIpc) is 2.64. The molecule has 2 rings (SSSR count). The number of aliphatic carboxylic acids is 1. The van der Waals surface area contributed by atoms with Gasteiger partial charge < -0.3 is 14.6 Å². The molecule has 1 aromatic carbocycles. The number of rotatable bonds is 6. The van der Waals surface area contributed by atoms with Gasteiger partial charge in [0, 0.05) is 29.9 Å². The van der Waals surface area contributed by atoms with Crippen molar-refractivity contribution >= 4 is 23.5 Å². The Labute approximate surface area is 148 Å². The van der Waals surface area contributed by atoms with Crippen LogP contribution in [-0.2, 0) is 14.4 Å². The summed E-state index contributed by atoms with van der Waals surface area (Å²) in [5.74, 6) is -3.86. The first kappa shape index (κ1) is 19.2. The van der Waals surface area contributed by atoms with Crippen molar-refractivity contribution in [1.82, 2.24) is 10.9 Å². The van der Waals surface area contributed by atoms with Crippen LogP contribution in [0.4, 0.5) is 5.69 Å². The van der Waals surface area contributed by atoms with E-state index in [9.17, 15) is 29.6 Å². The molecule has 2 atom stereocenters. The van der Waals surface area contributed by atoms with E-state index in [0.29, 0.717) is 12.8 Å². The van der Waals surface area contributed by atoms with Crippen molar-refractivity contribution in [2.24, 2.45) is 11.8 Å². The predicted molar refractivity (Wildman–Crippen MR) is 85.3 cm³/mol. The van der Waals surface area contributed by atoms with E-state index in [4.69, 9.17) is 4.74 Å². The highest BCUT2D eigenvalue weighted by Gasteiger charge is 2.31. The summed E-state index contributed by atoms with van der Waals surface area (Å²) >= 11 is 0. The second kappa shape index (κ2) is 8.79. The summed E-state index contributed by atoms with van der Waals surface area (Å²) in [4.78, 5) is 44.9. The second-order valence-corrected chi connectivity index (χ2v) is 5.89. The lowest BCUT2D eigenvalue weighted by atomic mass is 9.79. The van der Waals surface area contributed by atoms with Gasteiger partial charge >= 0.3 is 0 Å². The van der Waals surface area contributed by atoms with Gasteiger partial charge in [0.15, 0.2) is 6.61 Å². The lowest BCUT2D eigenvalue weighted by Gasteiger charge is -2.31. The molecule has 0 aliphatic heterocycles. The fraction of sp³-hybridized carbons (Fsp3) is 0.438. The van der Waals surface area contributed by atoms with Crippen molar-refractivity contribution in [2.45, 2.75) is 25.7 Å². The van der Waals surface area contributed by atoms with E-state index >= 15 is 0 Å². The van der Waals surface area contributed by atoms with Crippen LogP contribution in [-0.4, -0.2) is 29.3 Å². The molecule has 0 bridgehead atoms. The van der Waals surface area contributed by atoms with Crippen LogP contribution < -0.4 is 20.7 Å². The molecule has 1 aliphatic carbocycles. The molecule has 10 heteroatoms. The number of amides is 2. The molecule has 0 unspecified atom stereocenters. The van der Waals surface area contributed by atoms with Gasteiger partial charge in [0.05, 0.1) is 4.92 Å². The molecular weight excluding hydrogens is 346 g/mol. The highest BCUT2D eigenvalue weighted by Crippen LogP contribution is 2.29. The van der Waals surface area contributed by atoms with Gasteiger partial charge in [0.2, 0.25) is 5.91 Å². The van der Waals surface area contributed by atoms with Gasteiger partial charge in [-0.1, -0.05) is 12.8 Å². The number of hydrogen-bond acceptors (Lipinski definition) is 7. The molecule has 1 fully saturated rings. The molecule has 0 spiro atoms. The molecule has 26 heavy (non-hydrogen) atoms. The van der Waals surface area contributed by atoms with Gasteiger partial charge in [0.1, 0.15) is 5.75 Å². The number of nitrogens with one attached hydrogen (secondary N) is 2. The number of benzene rings is 1. The number of nitrogens with zero attached hydrogens (tertiary/aromatic N) is 1. The first-order chi connectivity index (χ1) is 12.4. The predicted octanol–water partition coefficient (Wildman–Crippen LogP) is -0.323. The summed E-state index contributed by atoms with van der Waals surface area (Å²) in [6.07, 6.45) is 2.24. The van der Waals surface area contributed by atoms with E-state index in [1.165, 1.54) is 24.3 Å². The summed E-state index contributed by atoms with van der Waals surface area (Å²) in [5.41, 5.74) is 4.25. The van der Waals surface area contributed by atoms with Gasteiger partial charge in [-0.2, -0.15) is 0 Å². The van der Waals surface area contributed by atoms with Gasteiger partial charge in [0.25, 0.3) is 11.6 Å². The molecule has 1 saturated carbocycles. The van der Waals surface area contributed by atoms with Crippen LogP contribution in [0, 0.1) is 22.0 Å². The average molecular weight is 364 g/mol. The van der Waals surface area contributed by atoms with Crippen molar-refractivity contribution in [3.8, 4) is 5.75 Å². The van der Waals surface area contributed by atoms with E-state index in [1.54, 1.807) is 0 Å². The largest absolute Gasteiger partial charge is 0.550 e. The fourth-order valence-corrected chi connectivity index (χ4v) is 2.80. The number of hydrazine groups is 1. The standard InChI is InChI=1S/C16H19N3O7/c20-14(9-26-11-7-5-10(6-8-11)19(24)25)17-18-15(21)12-3-1-2-4-13(12)16(22)23/h5-8,12-13H,1-4,9H2,(H,17,20)(H,18,21)(H,22,23)/p-1/t12-,13-/m0/s1. The molecular formula is C16H18N3O7-. The Balaban J connectivity index is 1.78. The summed E-state index contributed by atoms with van der Waals surface area (Å²) in [7, 11) is 0. The Kier molecular flexibility index (Phi) is 6.48. The van der Waals surface area contributed by atoms with Crippen LogP contribution in [0.5, 0.6) is 5.75 Å². The first-order valence-electron chi connectivity index (χ1n) is 8.05. The molecule has 10 nitrogen and oxygen atoms in total. The second-order valence-electron chi connectivity index (χ2n) is 5.89. The van der Waals surface area contributed by atoms with Crippen molar-refractivity contribution < 1.29 is 29.2 Å². The third kappa shape index (κ3) is 5.16. The third-order valence-electron chi connectivity index (χ3n) is 4.15. The van der Waals surface area contributed by atoms with Gasteiger partial charge in [-0.15, -0.1) is 0 Å². The van der Waals surface area contributed by atoms with Crippen LogP contribution in [0.15, 0.2) is 24.3 Å². The van der Waals surface area contributed by atoms with E-state index < -0.39 is 41.1 Å². The number of nitro groups is 1. The van der Waals surface area contributed by atoms with Gasteiger partial charge in [-0.25, -0.2) is 0 Å². The highest BCUT2D eigenvalue weighted by molar-refractivity contribution is 5.87. The molecule has 2 amide bonds. The number of non-ortho nitro benzene ring substituents is 1. The fourth-order valence-electron chi connectivity index (χ4n) is 2.80. The van der Waals surface area contributed by atoms with Crippen molar-refractivity contribution in [3.05, 3.63) is 34.4 Å². The van der Waals surface area contributed by atoms with Crippen LogP contribution in [0.2, 0.25) is 0 Å². The zero-order chi connectivity index (χ0) is 19.1. The van der Waals surface area contributed by atoms with Crippen LogP contribution >= 0.6 is 0 Å². The first-order valence-corrected chi connectivity index (χ1v) is 8.05. The quantitative estimate of drug-likeness (QED) is 0.518. The lowest BCUT2D eigenvalue weighted by molar-refractivity contribution is -0.384. The molecule has 0 aromatic heterocycles. The number of carboxylic acids is 1. The van der Waals surface area contributed by atoms with E-state index in [-0.39, 0.29) is 11.4 Å². The molecule has 1 aromatic rings. The number of ether oxygens (including phenoxy) is 1. The Bertz CT molecular complexity index is 690. The zero-order valence-electron chi connectivity index (χ0n) is 13.8. The molecule has 0 saturated heterocycles. The molecule has 0 heterocycles. The van der Waals surface area contributed by atoms with Gasteiger partial charge in [-0.3, -0.25) is 30.6 Å². The monoisotopic (exact) mass is 364 g/mol. The molecule has 1 aliphatic rings. The molecule has 140 valence electrons. The van der Waals surface area contributed by atoms with Gasteiger partial charge in [-0.05, 0) is 25.0 Å². The summed E-state index contributed by atoms with van der Waals surface area (Å²) in [6.45, 7) is -0.424. The minimum atomic E-state index is -1.27. The maximum atomic E-state index is 12.1. The Morgan fingerprint density at radius 3 is 2.27 bits per heavy atom. The topological polar surface area (TPSA) is 151 Å². The normalized spacial score (nSPS) is 19.2. The van der Waals surface area contributed by atoms with Crippen molar-refractivity contribution in [3.63, 3.8) is 0 Å². The minimum absolute atomic E-state index is 0.107. The van der Waals surface area contributed by atoms with Crippen LogP contribution in [0.3, 0.4) is 0 Å². The Morgan fingerprint density at radius 1 is 1.08 bits per heavy atom. The molecule has 0 radical (unpaired) electrons. The minimum Gasteiger partial charge on any atom is -0.550 e. The summed E-state index contributed by atoms with van der Waals surface area (Å²) < 4.78 is 5.15. The van der Waals surface area contributed by atoms with E-state index in [1.807, 2.05) is 0 Å². The molecule has 2 N–H and O–H groups in total. The smallest absolute Gasteiger partial charge is 0.276 e. The lowest BCUT2D eigenvalue weighted by Crippen LogP contribution is -2.50. The number of hydrogen-bond donors (Lipinski definition) is 2.